The van der Waals surface area contributed by atoms with Crippen molar-refractivity contribution in [3.05, 3.63) is 10.6 Å². The molecule has 0 unspecified atom stereocenters. The predicted molar refractivity (Wildman–Crippen MR) is 90.0 cm³/mol. The standard InChI is InChI=1S/C16H29N3OS/c1-6-19(10-12-7-8-12)15-18-13(11-20-5)14(21-15)9-17-16(2,3)4/h12,17H,6-11H2,1-5H3. The lowest BCUT2D eigenvalue weighted by Gasteiger charge is -2.20. The molecule has 0 aliphatic heterocycles. The molecule has 120 valence electrons. The molecule has 0 spiro atoms. The monoisotopic (exact) mass is 311 g/mol. The zero-order valence-corrected chi connectivity index (χ0v) is 14.8. The molecule has 0 saturated heterocycles. The van der Waals surface area contributed by atoms with Gasteiger partial charge in [-0.1, -0.05) is 0 Å². The van der Waals surface area contributed by atoms with Gasteiger partial charge < -0.3 is 15.0 Å². The molecule has 1 saturated carbocycles. The molecule has 0 bridgehead atoms. The molecule has 21 heavy (non-hydrogen) atoms. The van der Waals surface area contributed by atoms with Crippen LogP contribution in [0.2, 0.25) is 0 Å². The summed E-state index contributed by atoms with van der Waals surface area (Å²) < 4.78 is 5.32. The molecule has 4 nitrogen and oxygen atoms in total. The Labute approximate surface area is 132 Å². The summed E-state index contributed by atoms with van der Waals surface area (Å²) in [7, 11) is 1.74. The third-order valence-corrected chi connectivity index (χ3v) is 4.81. The minimum Gasteiger partial charge on any atom is -0.378 e. The van der Waals surface area contributed by atoms with E-state index in [9.17, 15) is 0 Å². The van der Waals surface area contributed by atoms with Crippen molar-refractivity contribution in [1.29, 1.82) is 0 Å². The number of anilines is 1. The highest BCUT2D eigenvalue weighted by atomic mass is 32.1. The van der Waals surface area contributed by atoms with Crippen LogP contribution in [0.15, 0.2) is 0 Å². The van der Waals surface area contributed by atoms with Crippen molar-refractivity contribution >= 4 is 16.5 Å². The molecule has 1 aromatic rings. The van der Waals surface area contributed by atoms with Crippen LogP contribution in [-0.2, 0) is 17.9 Å². The Hall–Kier alpha value is -0.650. The molecular weight excluding hydrogens is 282 g/mol. The van der Waals surface area contributed by atoms with E-state index in [0.29, 0.717) is 6.61 Å². The third-order valence-electron chi connectivity index (χ3n) is 3.66. The van der Waals surface area contributed by atoms with Gasteiger partial charge in [-0.15, -0.1) is 11.3 Å². The van der Waals surface area contributed by atoms with Gasteiger partial charge in [-0.2, -0.15) is 0 Å². The van der Waals surface area contributed by atoms with Crippen molar-refractivity contribution in [1.82, 2.24) is 10.3 Å². The van der Waals surface area contributed by atoms with Crippen molar-refractivity contribution < 1.29 is 4.74 Å². The Kier molecular flexibility index (Phi) is 5.63. The lowest BCUT2D eigenvalue weighted by atomic mass is 10.1. The summed E-state index contributed by atoms with van der Waals surface area (Å²) in [5.41, 5.74) is 1.20. The van der Waals surface area contributed by atoms with Crippen LogP contribution in [0.1, 0.15) is 51.1 Å². The van der Waals surface area contributed by atoms with E-state index >= 15 is 0 Å². The van der Waals surface area contributed by atoms with Gasteiger partial charge in [0, 0.05) is 37.2 Å². The Bertz CT molecular complexity index is 449. The van der Waals surface area contributed by atoms with E-state index in [0.717, 1.165) is 36.4 Å². The SMILES string of the molecule is CCN(CC1CC1)c1nc(COC)c(CNC(C)(C)C)s1. The number of rotatable bonds is 8. The zero-order valence-electron chi connectivity index (χ0n) is 14.0. The molecular formula is C16H29N3OS. The molecule has 0 atom stereocenters. The maximum atomic E-state index is 5.32. The number of thiazole rings is 1. The number of methoxy groups -OCH3 is 1. The highest BCUT2D eigenvalue weighted by Crippen LogP contribution is 2.33. The van der Waals surface area contributed by atoms with Gasteiger partial charge >= 0.3 is 0 Å². The fourth-order valence-electron chi connectivity index (χ4n) is 2.19. The summed E-state index contributed by atoms with van der Waals surface area (Å²) in [5, 5.41) is 4.71. The predicted octanol–water partition coefficient (Wildman–Crippen LogP) is 3.41. The zero-order chi connectivity index (χ0) is 15.5. The minimum absolute atomic E-state index is 0.118. The Morgan fingerprint density at radius 2 is 2.10 bits per heavy atom. The van der Waals surface area contributed by atoms with E-state index in [4.69, 9.17) is 9.72 Å². The Balaban J connectivity index is 2.10. The lowest BCUT2D eigenvalue weighted by Crippen LogP contribution is -2.35. The van der Waals surface area contributed by atoms with Gasteiger partial charge in [0.1, 0.15) is 0 Å². The second-order valence-electron chi connectivity index (χ2n) is 6.88. The van der Waals surface area contributed by atoms with E-state index in [1.807, 2.05) is 11.3 Å². The van der Waals surface area contributed by atoms with E-state index in [2.05, 4.69) is 37.9 Å². The van der Waals surface area contributed by atoms with Gasteiger partial charge in [-0.3, -0.25) is 0 Å². The second-order valence-corrected chi connectivity index (χ2v) is 7.95. The fourth-order valence-corrected chi connectivity index (χ4v) is 3.27. The van der Waals surface area contributed by atoms with E-state index in [1.165, 1.54) is 17.7 Å². The second kappa shape index (κ2) is 7.07. The van der Waals surface area contributed by atoms with Gasteiger partial charge in [-0.05, 0) is 46.5 Å². The molecule has 0 radical (unpaired) electrons. The molecule has 2 rings (SSSR count). The molecule has 0 amide bonds. The average molecular weight is 311 g/mol. The third kappa shape index (κ3) is 5.24. The summed E-state index contributed by atoms with van der Waals surface area (Å²) in [5.74, 6) is 0.885. The summed E-state index contributed by atoms with van der Waals surface area (Å²) in [4.78, 5) is 8.55. The van der Waals surface area contributed by atoms with Crippen LogP contribution < -0.4 is 10.2 Å². The van der Waals surface area contributed by atoms with Crippen molar-refractivity contribution in [2.45, 2.75) is 59.2 Å². The van der Waals surface area contributed by atoms with Gasteiger partial charge in [0.2, 0.25) is 0 Å². The summed E-state index contributed by atoms with van der Waals surface area (Å²) >= 11 is 1.81. The van der Waals surface area contributed by atoms with Crippen LogP contribution in [0, 0.1) is 5.92 Å². The van der Waals surface area contributed by atoms with Crippen LogP contribution in [0.4, 0.5) is 5.13 Å². The average Bonchev–Trinajstić information content (AvgIpc) is 3.14. The largest absolute Gasteiger partial charge is 0.378 e. The van der Waals surface area contributed by atoms with Gasteiger partial charge in [0.25, 0.3) is 0 Å². The number of hydrogen-bond acceptors (Lipinski definition) is 5. The number of nitrogens with one attached hydrogen (secondary N) is 1. The highest BCUT2D eigenvalue weighted by Gasteiger charge is 2.26. The summed E-state index contributed by atoms with van der Waals surface area (Å²) in [6.45, 7) is 12.4. The van der Waals surface area contributed by atoms with E-state index in [1.54, 1.807) is 7.11 Å². The van der Waals surface area contributed by atoms with Crippen molar-refractivity contribution in [2.24, 2.45) is 5.92 Å². The van der Waals surface area contributed by atoms with Crippen LogP contribution in [0.3, 0.4) is 0 Å². The first kappa shape index (κ1) is 16.7. The first-order valence-corrected chi connectivity index (χ1v) is 8.72. The number of aromatic nitrogens is 1. The normalized spacial score (nSPS) is 15.5. The van der Waals surface area contributed by atoms with Crippen molar-refractivity contribution in [2.75, 3.05) is 25.1 Å². The fraction of sp³-hybridized carbons (Fsp3) is 0.812. The highest BCUT2D eigenvalue weighted by molar-refractivity contribution is 7.15. The molecule has 1 N–H and O–H groups in total. The molecule has 1 fully saturated rings. The topological polar surface area (TPSA) is 37.4 Å². The summed E-state index contributed by atoms with van der Waals surface area (Å²) in [6.07, 6.45) is 2.76. The first-order valence-electron chi connectivity index (χ1n) is 7.90. The first-order chi connectivity index (χ1) is 9.93. The maximum absolute atomic E-state index is 5.32. The molecule has 1 aliphatic rings. The quantitative estimate of drug-likeness (QED) is 0.798. The summed E-state index contributed by atoms with van der Waals surface area (Å²) in [6, 6.07) is 0. The maximum Gasteiger partial charge on any atom is 0.185 e. The van der Waals surface area contributed by atoms with Crippen LogP contribution in [0.5, 0.6) is 0 Å². The number of nitrogens with zero attached hydrogens (tertiary/aromatic N) is 2. The molecule has 0 aromatic carbocycles. The lowest BCUT2D eigenvalue weighted by molar-refractivity contribution is 0.181. The van der Waals surface area contributed by atoms with Gasteiger partial charge in [-0.25, -0.2) is 4.98 Å². The van der Waals surface area contributed by atoms with E-state index in [-0.39, 0.29) is 5.54 Å². The smallest absolute Gasteiger partial charge is 0.185 e. The molecule has 5 heteroatoms. The molecule has 1 aliphatic carbocycles. The molecule has 1 aromatic heterocycles. The van der Waals surface area contributed by atoms with Crippen LogP contribution >= 0.6 is 11.3 Å². The Morgan fingerprint density at radius 3 is 2.62 bits per heavy atom. The minimum atomic E-state index is 0.118. The molecule has 1 heterocycles. The van der Waals surface area contributed by atoms with Crippen LogP contribution in [-0.4, -0.2) is 30.7 Å². The van der Waals surface area contributed by atoms with Gasteiger partial charge in [0.15, 0.2) is 5.13 Å². The Morgan fingerprint density at radius 1 is 1.38 bits per heavy atom. The number of hydrogen-bond donors (Lipinski definition) is 1. The van der Waals surface area contributed by atoms with E-state index < -0.39 is 0 Å². The van der Waals surface area contributed by atoms with Crippen molar-refractivity contribution in [3.63, 3.8) is 0 Å². The van der Waals surface area contributed by atoms with Crippen molar-refractivity contribution in [3.8, 4) is 0 Å². The number of ether oxygens (including phenoxy) is 1. The van der Waals surface area contributed by atoms with Crippen LogP contribution in [0.25, 0.3) is 0 Å². The van der Waals surface area contributed by atoms with Gasteiger partial charge in [0.05, 0.1) is 12.3 Å².